The number of carbonyl (C=O) groups is 1. The molecule has 1 heterocycles. The monoisotopic (exact) mass is 365 g/mol. The fourth-order valence-corrected chi connectivity index (χ4v) is 3.01. The summed E-state index contributed by atoms with van der Waals surface area (Å²) in [4.78, 5) is 12.1. The minimum absolute atomic E-state index is 0.00183. The van der Waals surface area contributed by atoms with Crippen LogP contribution in [0.4, 0.5) is 5.69 Å². The summed E-state index contributed by atoms with van der Waals surface area (Å²) in [5.41, 5.74) is 3.13. The molecular weight excluding hydrogens is 342 g/mol. The van der Waals surface area contributed by atoms with E-state index in [0.717, 1.165) is 22.0 Å². The van der Waals surface area contributed by atoms with E-state index >= 15 is 0 Å². The first kappa shape index (κ1) is 18.6. The summed E-state index contributed by atoms with van der Waals surface area (Å²) in [5, 5.41) is 19.1. The predicted octanol–water partition coefficient (Wildman–Crippen LogP) is 5.23. The normalized spacial score (nSPS) is 11.6. The second kappa shape index (κ2) is 7.61. The van der Waals surface area contributed by atoms with E-state index in [0.29, 0.717) is 11.4 Å². The van der Waals surface area contributed by atoms with Gasteiger partial charge in [0.1, 0.15) is 5.75 Å². The van der Waals surface area contributed by atoms with Crippen molar-refractivity contribution in [2.45, 2.75) is 33.7 Å². The van der Waals surface area contributed by atoms with E-state index in [1.165, 1.54) is 0 Å². The van der Waals surface area contributed by atoms with Crippen LogP contribution in [0.3, 0.4) is 0 Å². The Morgan fingerprint density at radius 3 is 2.63 bits per heavy atom. The van der Waals surface area contributed by atoms with Gasteiger partial charge in [-0.3, -0.25) is 4.79 Å². The number of azo groups is 1. The van der Waals surface area contributed by atoms with Crippen LogP contribution < -0.4 is 4.74 Å². The zero-order valence-corrected chi connectivity index (χ0v) is 15.9. The third-order valence-electron chi connectivity index (χ3n) is 4.33. The molecule has 0 aliphatic carbocycles. The van der Waals surface area contributed by atoms with E-state index in [2.05, 4.69) is 10.2 Å². The van der Waals surface area contributed by atoms with Gasteiger partial charge < -0.3 is 14.4 Å². The number of aryl methyl sites for hydroxylation is 2. The van der Waals surface area contributed by atoms with Crippen LogP contribution in [0.5, 0.6) is 11.6 Å². The molecule has 1 N–H and O–H groups in total. The van der Waals surface area contributed by atoms with Crippen molar-refractivity contribution in [2.24, 2.45) is 10.2 Å². The third-order valence-corrected chi connectivity index (χ3v) is 4.33. The molecule has 140 valence electrons. The van der Waals surface area contributed by atoms with Crippen molar-refractivity contribution in [1.82, 2.24) is 4.57 Å². The topological polar surface area (TPSA) is 76.2 Å². The first-order valence-electron chi connectivity index (χ1n) is 8.85. The van der Waals surface area contributed by atoms with Gasteiger partial charge in [-0.1, -0.05) is 29.8 Å². The molecule has 0 saturated heterocycles. The minimum Gasteiger partial charge on any atom is -0.493 e. The van der Waals surface area contributed by atoms with Gasteiger partial charge in [-0.25, -0.2) is 0 Å². The summed E-state index contributed by atoms with van der Waals surface area (Å²) in [6.45, 7) is 7.60. The summed E-state index contributed by atoms with van der Waals surface area (Å²) in [7, 11) is 0. The van der Waals surface area contributed by atoms with Gasteiger partial charge in [-0.15, -0.1) is 10.2 Å². The lowest BCUT2D eigenvalue weighted by atomic mass is 10.1. The van der Waals surface area contributed by atoms with Crippen molar-refractivity contribution in [2.75, 3.05) is 6.61 Å². The van der Waals surface area contributed by atoms with Crippen molar-refractivity contribution < 1.29 is 14.6 Å². The molecule has 0 aliphatic heterocycles. The molecule has 2 aromatic carbocycles. The molecule has 27 heavy (non-hydrogen) atoms. The summed E-state index contributed by atoms with van der Waals surface area (Å²) in [6, 6.07) is 13.3. The smallest absolute Gasteiger partial charge is 0.302 e. The molecule has 0 saturated carbocycles. The molecule has 0 radical (unpaired) electrons. The Kier molecular flexibility index (Phi) is 5.26. The Morgan fingerprint density at radius 2 is 1.93 bits per heavy atom. The van der Waals surface area contributed by atoms with Crippen molar-refractivity contribution in [3.05, 3.63) is 53.6 Å². The third kappa shape index (κ3) is 3.84. The molecule has 3 aromatic rings. The lowest BCUT2D eigenvalue weighted by Gasteiger charge is -2.10. The number of benzene rings is 2. The Balaban J connectivity index is 1.85. The quantitative estimate of drug-likeness (QED) is 0.629. The van der Waals surface area contributed by atoms with Crippen LogP contribution in [-0.4, -0.2) is 22.2 Å². The Labute approximate surface area is 158 Å². The number of fused-ring (bicyclic) bond motifs is 1. The molecule has 6 heteroatoms. The number of aromatic nitrogens is 1. The number of amides is 1. The SMILES string of the molecule is Cc1ccc2c(c1)c(N=NC(=O)COc1ccccc1C)c(O)n2C(C)C. The van der Waals surface area contributed by atoms with E-state index in [-0.39, 0.29) is 18.5 Å². The van der Waals surface area contributed by atoms with Crippen LogP contribution in [0.2, 0.25) is 0 Å². The molecule has 1 aromatic heterocycles. The molecule has 0 spiro atoms. The van der Waals surface area contributed by atoms with E-state index in [1.807, 2.05) is 64.1 Å². The molecule has 0 atom stereocenters. The molecular formula is C21H23N3O3. The van der Waals surface area contributed by atoms with Crippen molar-refractivity contribution >= 4 is 22.5 Å². The standard InChI is InChI=1S/C21H23N3O3/c1-13(2)24-17-10-9-14(3)11-16(17)20(21(24)26)23-22-19(25)12-27-18-8-6-5-7-15(18)4/h5-11,13,26H,12H2,1-4H3. The lowest BCUT2D eigenvalue weighted by Crippen LogP contribution is -2.08. The number of hydrogen-bond acceptors (Lipinski definition) is 4. The maximum absolute atomic E-state index is 12.1. The number of carbonyl (C=O) groups excluding carboxylic acids is 1. The number of ether oxygens (including phenoxy) is 1. The first-order valence-corrected chi connectivity index (χ1v) is 8.85. The fourth-order valence-electron chi connectivity index (χ4n) is 3.01. The fraction of sp³-hybridized carbons (Fsp3) is 0.286. The Hall–Kier alpha value is -3.15. The highest BCUT2D eigenvalue weighted by Gasteiger charge is 2.19. The largest absolute Gasteiger partial charge is 0.493 e. The van der Waals surface area contributed by atoms with Crippen LogP contribution in [0.1, 0.15) is 31.0 Å². The predicted molar refractivity (Wildman–Crippen MR) is 105 cm³/mol. The molecule has 0 bridgehead atoms. The van der Waals surface area contributed by atoms with Crippen LogP contribution in [0.25, 0.3) is 10.9 Å². The van der Waals surface area contributed by atoms with Crippen LogP contribution >= 0.6 is 0 Å². The van der Waals surface area contributed by atoms with Crippen molar-refractivity contribution in [3.8, 4) is 11.6 Å². The minimum atomic E-state index is -0.518. The maximum atomic E-state index is 12.1. The Bertz CT molecular complexity index is 1020. The van der Waals surface area contributed by atoms with E-state index in [9.17, 15) is 9.90 Å². The lowest BCUT2D eigenvalue weighted by molar-refractivity contribution is -0.120. The number of aromatic hydroxyl groups is 1. The molecule has 3 rings (SSSR count). The van der Waals surface area contributed by atoms with Crippen molar-refractivity contribution in [3.63, 3.8) is 0 Å². The first-order chi connectivity index (χ1) is 12.9. The Morgan fingerprint density at radius 1 is 1.19 bits per heavy atom. The molecule has 6 nitrogen and oxygen atoms in total. The van der Waals surface area contributed by atoms with Gasteiger partial charge in [-0.2, -0.15) is 0 Å². The average Bonchev–Trinajstić information content (AvgIpc) is 2.90. The van der Waals surface area contributed by atoms with Crippen LogP contribution in [0, 0.1) is 13.8 Å². The molecule has 1 amide bonds. The number of para-hydroxylation sites is 1. The van der Waals surface area contributed by atoms with Gasteiger partial charge in [0.05, 0.1) is 5.52 Å². The summed E-state index contributed by atoms with van der Waals surface area (Å²) in [6.07, 6.45) is 0. The second-order valence-corrected chi connectivity index (χ2v) is 6.80. The summed E-state index contributed by atoms with van der Waals surface area (Å²) < 4.78 is 7.27. The van der Waals surface area contributed by atoms with Crippen molar-refractivity contribution in [1.29, 1.82) is 0 Å². The highest BCUT2D eigenvalue weighted by Crippen LogP contribution is 2.41. The molecule has 0 aliphatic rings. The number of hydrogen-bond donors (Lipinski definition) is 1. The number of rotatable bonds is 5. The maximum Gasteiger partial charge on any atom is 0.302 e. The average molecular weight is 365 g/mol. The summed E-state index contributed by atoms with van der Waals surface area (Å²) in [5.74, 6) is 0.119. The second-order valence-electron chi connectivity index (χ2n) is 6.80. The number of nitrogens with zero attached hydrogens (tertiary/aromatic N) is 3. The van der Waals surface area contributed by atoms with Crippen LogP contribution in [0.15, 0.2) is 52.7 Å². The zero-order valence-electron chi connectivity index (χ0n) is 15.9. The van der Waals surface area contributed by atoms with E-state index in [1.54, 1.807) is 10.6 Å². The molecule has 0 fully saturated rings. The molecule has 0 unspecified atom stereocenters. The van der Waals surface area contributed by atoms with Gasteiger partial charge in [0.15, 0.2) is 12.3 Å². The van der Waals surface area contributed by atoms with E-state index < -0.39 is 5.91 Å². The highest BCUT2D eigenvalue weighted by atomic mass is 16.5. The van der Waals surface area contributed by atoms with Gasteiger partial charge >= 0.3 is 5.91 Å². The van der Waals surface area contributed by atoms with Gasteiger partial charge in [0.25, 0.3) is 0 Å². The van der Waals surface area contributed by atoms with Gasteiger partial charge in [0, 0.05) is 11.4 Å². The van der Waals surface area contributed by atoms with Gasteiger partial charge in [-0.05, 0) is 51.5 Å². The highest BCUT2D eigenvalue weighted by molar-refractivity contribution is 5.96. The van der Waals surface area contributed by atoms with E-state index in [4.69, 9.17) is 4.74 Å². The van der Waals surface area contributed by atoms with Gasteiger partial charge in [0.2, 0.25) is 5.88 Å². The summed E-state index contributed by atoms with van der Waals surface area (Å²) >= 11 is 0. The zero-order chi connectivity index (χ0) is 19.6. The van der Waals surface area contributed by atoms with Crippen LogP contribution in [-0.2, 0) is 4.79 Å².